The Balaban J connectivity index is 2.75. The number of aliphatic hydroxyl groups excluding tert-OH is 1. The van der Waals surface area contributed by atoms with Gasteiger partial charge in [0.1, 0.15) is 0 Å². The molecule has 18 heavy (non-hydrogen) atoms. The normalized spacial score (nSPS) is 10.0. The molecule has 0 heterocycles. The lowest BCUT2D eigenvalue weighted by atomic mass is 10.2. The van der Waals surface area contributed by atoms with Crippen LogP contribution in [0.1, 0.15) is 5.56 Å². The topological polar surface area (TPSA) is 69.6 Å². The van der Waals surface area contributed by atoms with Crippen molar-refractivity contribution in [3.05, 3.63) is 28.8 Å². The summed E-state index contributed by atoms with van der Waals surface area (Å²) in [4.78, 5) is 24.4. The average Bonchev–Trinajstić information content (AvgIpc) is 2.33. The molecule has 0 aliphatic carbocycles. The van der Waals surface area contributed by atoms with E-state index in [0.717, 1.165) is 10.5 Å². The van der Waals surface area contributed by atoms with Crippen LogP contribution >= 0.6 is 11.6 Å². The van der Waals surface area contributed by atoms with E-state index in [4.69, 9.17) is 16.7 Å². The number of nitrogens with one attached hydrogen (secondary N) is 1. The summed E-state index contributed by atoms with van der Waals surface area (Å²) < 4.78 is 0. The van der Waals surface area contributed by atoms with Crippen LogP contribution in [-0.2, 0) is 9.59 Å². The SMILES string of the molecule is Cc1ccc(Cl)cc1NC(=O)C(=O)N(C)CCO. The van der Waals surface area contributed by atoms with E-state index in [2.05, 4.69) is 5.32 Å². The van der Waals surface area contributed by atoms with Crippen molar-refractivity contribution < 1.29 is 14.7 Å². The van der Waals surface area contributed by atoms with Crippen molar-refractivity contribution >= 4 is 29.1 Å². The maximum atomic E-state index is 11.7. The van der Waals surface area contributed by atoms with E-state index < -0.39 is 11.8 Å². The second kappa shape index (κ2) is 6.37. The summed E-state index contributed by atoms with van der Waals surface area (Å²) in [5.74, 6) is -1.46. The maximum Gasteiger partial charge on any atom is 0.313 e. The molecule has 0 saturated carbocycles. The minimum Gasteiger partial charge on any atom is -0.395 e. The standard InChI is InChI=1S/C12H15ClN2O3/c1-8-3-4-9(13)7-10(8)14-11(17)12(18)15(2)5-6-16/h3-4,7,16H,5-6H2,1-2H3,(H,14,17). The second-order valence-electron chi connectivity index (χ2n) is 3.86. The predicted octanol–water partition coefficient (Wildman–Crippen LogP) is 1.04. The van der Waals surface area contributed by atoms with Crippen LogP contribution in [0.3, 0.4) is 0 Å². The fourth-order valence-corrected chi connectivity index (χ4v) is 1.50. The van der Waals surface area contributed by atoms with Gasteiger partial charge in [0.15, 0.2) is 0 Å². The molecule has 2 N–H and O–H groups in total. The first-order valence-electron chi connectivity index (χ1n) is 5.39. The molecule has 0 unspecified atom stereocenters. The summed E-state index contributed by atoms with van der Waals surface area (Å²) in [5.41, 5.74) is 1.31. The monoisotopic (exact) mass is 270 g/mol. The van der Waals surface area contributed by atoms with Crippen molar-refractivity contribution in [2.24, 2.45) is 0 Å². The molecule has 0 radical (unpaired) electrons. The highest BCUT2D eigenvalue weighted by molar-refractivity contribution is 6.39. The summed E-state index contributed by atoms with van der Waals surface area (Å²) >= 11 is 5.81. The highest BCUT2D eigenvalue weighted by Crippen LogP contribution is 2.20. The molecule has 0 fully saturated rings. The molecule has 5 nitrogen and oxygen atoms in total. The van der Waals surface area contributed by atoms with E-state index in [0.29, 0.717) is 10.7 Å². The average molecular weight is 271 g/mol. The molecule has 0 aliphatic rings. The lowest BCUT2D eigenvalue weighted by molar-refractivity contribution is -0.142. The van der Waals surface area contributed by atoms with Crippen LogP contribution in [0.2, 0.25) is 5.02 Å². The molecule has 0 aliphatic heterocycles. The van der Waals surface area contributed by atoms with Gasteiger partial charge in [-0.05, 0) is 24.6 Å². The van der Waals surface area contributed by atoms with Gasteiger partial charge in [-0.2, -0.15) is 0 Å². The minimum atomic E-state index is -0.753. The Morgan fingerprint density at radius 3 is 2.72 bits per heavy atom. The van der Waals surface area contributed by atoms with Gasteiger partial charge in [0.05, 0.1) is 6.61 Å². The van der Waals surface area contributed by atoms with Crippen molar-refractivity contribution in [3.63, 3.8) is 0 Å². The van der Waals surface area contributed by atoms with Crippen LogP contribution in [0.5, 0.6) is 0 Å². The fourth-order valence-electron chi connectivity index (χ4n) is 1.33. The van der Waals surface area contributed by atoms with E-state index in [1.807, 2.05) is 0 Å². The van der Waals surface area contributed by atoms with Gasteiger partial charge in [-0.15, -0.1) is 0 Å². The summed E-state index contributed by atoms with van der Waals surface area (Å²) in [6.07, 6.45) is 0. The Morgan fingerprint density at radius 2 is 2.11 bits per heavy atom. The Morgan fingerprint density at radius 1 is 1.44 bits per heavy atom. The smallest absolute Gasteiger partial charge is 0.313 e. The summed E-state index contributed by atoms with van der Waals surface area (Å²) in [5, 5.41) is 11.7. The second-order valence-corrected chi connectivity index (χ2v) is 4.30. The predicted molar refractivity (Wildman–Crippen MR) is 69.5 cm³/mol. The number of anilines is 1. The van der Waals surface area contributed by atoms with Crippen molar-refractivity contribution in [2.75, 3.05) is 25.5 Å². The van der Waals surface area contributed by atoms with Crippen molar-refractivity contribution in [3.8, 4) is 0 Å². The van der Waals surface area contributed by atoms with Crippen molar-refractivity contribution in [1.29, 1.82) is 0 Å². The molecule has 0 saturated heterocycles. The summed E-state index contributed by atoms with van der Waals surface area (Å²) in [7, 11) is 1.45. The largest absolute Gasteiger partial charge is 0.395 e. The number of aryl methyl sites for hydroxylation is 1. The first kappa shape index (κ1) is 14.5. The van der Waals surface area contributed by atoms with Gasteiger partial charge in [0.2, 0.25) is 0 Å². The number of hydrogen-bond acceptors (Lipinski definition) is 3. The highest BCUT2D eigenvalue weighted by Gasteiger charge is 2.18. The molecule has 6 heteroatoms. The number of benzene rings is 1. The highest BCUT2D eigenvalue weighted by atomic mass is 35.5. The Labute approximate surface area is 110 Å². The number of halogens is 1. The molecule has 1 aromatic carbocycles. The molecule has 0 atom stereocenters. The van der Waals surface area contributed by atoms with Gasteiger partial charge in [0, 0.05) is 24.3 Å². The molecule has 0 spiro atoms. The molecule has 0 bridgehead atoms. The van der Waals surface area contributed by atoms with E-state index in [1.165, 1.54) is 7.05 Å². The van der Waals surface area contributed by atoms with Gasteiger partial charge >= 0.3 is 11.8 Å². The molecular formula is C12H15ClN2O3. The zero-order valence-corrected chi connectivity index (χ0v) is 11.0. The first-order chi connectivity index (χ1) is 8.45. The van der Waals surface area contributed by atoms with Gasteiger partial charge in [-0.25, -0.2) is 0 Å². The van der Waals surface area contributed by atoms with Crippen molar-refractivity contribution in [2.45, 2.75) is 6.92 Å². The minimum absolute atomic E-state index is 0.112. The third kappa shape index (κ3) is 3.72. The van der Waals surface area contributed by atoms with Crippen LogP contribution in [0, 0.1) is 6.92 Å². The third-order valence-corrected chi connectivity index (χ3v) is 2.66. The van der Waals surface area contributed by atoms with Gasteiger partial charge in [-0.1, -0.05) is 17.7 Å². The number of aliphatic hydroxyl groups is 1. The number of carbonyl (C=O) groups is 2. The van der Waals surface area contributed by atoms with E-state index in [9.17, 15) is 9.59 Å². The fraction of sp³-hybridized carbons (Fsp3) is 0.333. The summed E-state index contributed by atoms with van der Waals surface area (Å²) in [6.45, 7) is 1.72. The molecule has 1 aromatic rings. The maximum absolute atomic E-state index is 11.7. The zero-order valence-electron chi connectivity index (χ0n) is 10.2. The number of carbonyl (C=O) groups excluding carboxylic acids is 2. The molecule has 1 rings (SSSR count). The van der Waals surface area contributed by atoms with E-state index in [1.54, 1.807) is 25.1 Å². The van der Waals surface area contributed by atoms with E-state index in [-0.39, 0.29) is 13.2 Å². The number of nitrogens with zero attached hydrogens (tertiary/aromatic N) is 1. The Kier molecular flexibility index (Phi) is 5.12. The summed E-state index contributed by atoms with van der Waals surface area (Å²) in [6, 6.07) is 5.03. The van der Waals surface area contributed by atoms with Crippen molar-refractivity contribution in [1.82, 2.24) is 4.90 Å². The van der Waals surface area contributed by atoms with Crippen LogP contribution in [0.4, 0.5) is 5.69 Å². The van der Waals surface area contributed by atoms with Crippen LogP contribution < -0.4 is 5.32 Å². The third-order valence-electron chi connectivity index (χ3n) is 2.42. The lowest BCUT2D eigenvalue weighted by Crippen LogP contribution is -2.38. The Bertz CT molecular complexity index is 463. The number of likely N-dealkylation sites (N-methyl/N-ethyl adjacent to an activating group) is 1. The number of hydrogen-bond donors (Lipinski definition) is 2. The molecule has 98 valence electrons. The van der Waals surface area contributed by atoms with Crippen LogP contribution in [0.25, 0.3) is 0 Å². The number of rotatable bonds is 3. The van der Waals surface area contributed by atoms with Gasteiger partial charge in [-0.3, -0.25) is 9.59 Å². The quantitative estimate of drug-likeness (QED) is 0.807. The van der Waals surface area contributed by atoms with Gasteiger partial charge < -0.3 is 15.3 Å². The van der Waals surface area contributed by atoms with Gasteiger partial charge in [0.25, 0.3) is 0 Å². The molecule has 0 aromatic heterocycles. The lowest BCUT2D eigenvalue weighted by Gasteiger charge is -2.15. The molecular weight excluding hydrogens is 256 g/mol. The van der Waals surface area contributed by atoms with Crippen LogP contribution in [0.15, 0.2) is 18.2 Å². The molecule has 2 amide bonds. The number of amides is 2. The Hall–Kier alpha value is -1.59. The zero-order chi connectivity index (χ0) is 13.7. The van der Waals surface area contributed by atoms with Crippen LogP contribution in [-0.4, -0.2) is 42.0 Å². The first-order valence-corrected chi connectivity index (χ1v) is 5.77. The van der Waals surface area contributed by atoms with E-state index >= 15 is 0 Å².